The maximum Gasteiger partial charge on any atom is 0.340 e. The van der Waals surface area contributed by atoms with Crippen LogP contribution in [-0.2, 0) is 20.9 Å². The molecule has 0 saturated carbocycles. The summed E-state index contributed by atoms with van der Waals surface area (Å²) in [6.45, 7) is -0.439. The summed E-state index contributed by atoms with van der Waals surface area (Å²) in [5.41, 5.74) is 5.46. The molecule has 1 aromatic carbocycles. The van der Waals surface area contributed by atoms with E-state index in [2.05, 4.69) is 0 Å². The van der Waals surface area contributed by atoms with E-state index in [9.17, 15) is 19.1 Å². The van der Waals surface area contributed by atoms with Crippen molar-refractivity contribution in [3.05, 3.63) is 74.9 Å². The lowest BCUT2D eigenvalue weighted by molar-refractivity contribution is -0.140. The number of ether oxygens (including phenoxy) is 3. The molecule has 0 spiro atoms. The zero-order chi connectivity index (χ0) is 20.3. The van der Waals surface area contributed by atoms with Crippen LogP contribution in [0.4, 0.5) is 4.39 Å². The minimum absolute atomic E-state index is 0.0404. The highest BCUT2D eigenvalue weighted by atomic mass is 19.1. The molecular formula is C19H18FNO7. The van der Waals surface area contributed by atoms with Crippen molar-refractivity contribution in [3.63, 3.8) is 0 Å². The molecule has 3 N–H and O–H groups in total. The van der Waals surface area contributed by atoms with E-state index in [0.29, 0.717) is 5.56 Å². The molecule has 0 saturated heterocycles. The molecule has 9 heteroatoms. The van der Waals surface area contributed by atoms with Crippen molar-refractivity contribution in [3.8, 4) is 5.75 Å². The van der Waals surface area contributed by atoms with Gasteiger partial charge in [-0.05, 0) is 17.7 Å². The molecule has 1 atom stereocenters. The van der Waals surface area contributed by atoms with Gasteiger partial charge < -0.3 is 29.5 Å². The lowest BCUT2D eigenvalue weighted by Gasteiger charge is -2.27. The molecule has 0 fully saturated rings. The van der Waals surface area contributed by atoms with Gasteiger partial charge in [0.2, 0.25) is 17.1 Å². The summed E-state index contributed by atoms with van der Waals surface area (Å²) >= 11 is 0. The van der Waals surface area contributed by atoms with Gasteiger partial charge in [0, 0.05) is 13.2 Å². The van der Waals surface area contributed by atoms with Crippen molar-refractivity contribution in [2.24, 2.45) is 5.73 Å². The summed E-state index contributed by atoms with van der Waals surface area (Å²) in [5, 5.41) is 9.36. The van der Waals surface area contributed by atoms with E-state index in [1.807, 2.05) is 0 Å². The molecule has 0 radical (unpaired) electrons. The third-order valence-electron chi connectivity index (χ3n) is 4.09. The van der Waals surface area contributed by atoms with Gasteiger partial charge in [0.1, 0.15) is 30.4 Å². The quantitative estimate of drug-likeness (QED) is 0.556. The maximum atomic E-state index is 13.9. The number of halogens is 1. The average Bonchev–Trinajstić information content (AvgIpc) is 2.67. The van der Waals surface area contributed by atoms with Gasteiger partial charge in [-0.15, -0.1) is 0 Å². The van der Waals surface area contributed by atoms with Crippen molar-refractivity contribution < 1.29 is 32.9 Å². The summed E-state index contributed by atoms with van der Waals surface area (Å²) in [4.78, 5) is 25.0. The van der Waals surface area contributed by atoms with Gasteiger partial charge in [0.25, 0.3) is 0 Å². The Morgan fingerprint density at radius 3 is 2.79 bits per heavy atom. The Hall–Kier alpha value is -3.17. The molecule has 3 rings (SSSR count). The topological polar surface area (TPSA) is 121 Å². The number of hydrogen-bond donors (Lipinski definition) is 2. The van der Waals surface area contributed by atoms with E-state index >= 15 is 0 Å². The molecule has 8 nitrogen and oxygen atoms in total. The number of carbonyl (C=O) groups excluding carboxylic acids is 1. The number of hydrogen-bond acceptors (Lipinski definition) is 8. The highest BCUT2D eigenvalue weighted by Crippen LogP contribution is 2.41. The van der Waals surface area contributed by atoms with Crippen LogP contribution in [0.15, 0.2) is 51.0 Å². The van der Waals surface area contributed by atoms with Gasteiger partial charge in [-0.3, -0.25) is 4.79 Å². The largest absolute Gasteiger partial charge is 0.460 e. The molecule has 2 aromatic rings. The van der Waals surface area contributed by atoms with Crippen molar-refractivity contribution in [2.45, 2.75) is 12.5 Å². The summed E-state index contributed by atoms with van der Waals surface area (Å²) in [6, 6.07) is 6.45. The fourth-order valence-corrected chi connectivity index (χ4v) is 2.88. The third kappa shape index (κ3) is 3.75. The zero-order valence-corrected chi connectivity index (χ0v) is 14.9. The van der Waals surface area contributed by atoms with E-state index < -0.39 is 29.7 Å². The molecule has 1 unspecified atom stereocenters. The Balaban J connectivity index is 2.17. The van der Waals surface area contributed by atoms with E-state index in [0.717, 1.165) is 6.07 Å². The van der Waals surface area contributed by atoms with E-state index in [-0.39, 0.29) is 41.9 Å². The lowest BCUT2D eigenvalue weighted by atomic mass is 9.86. The van der Waals surface area contributed by atoms with Gasteiger partial charge in [0.15, 0.2) is 5.76 Å². The van der Waals surface area contributed by atoms with Crippen LogP contribution in [0.1, 0.15) is 23.0 Å². The van der Waals surface area contributed by atoms with Crippen molar-refractivity contribution >= 4 is 5.97 Å². The highest BCUT2D eigenvalue weighted by Gasteiger charge is 2.39. The number of carbonyl (C=O) groups is 1. The van der Waals surface area contributed by atoms with Crippen LogP contribution in [-0.4, -0.2) is 31.4 Å². The number of benzene rings is 1. The first-order valence-corrected chi connectivity index (χ1v) is 8.33. The Morgan fingerprint density at radius 1 is 1.32 bits per heavy atom. The smallest absolute Gasteiger partial charge is 0.340 e. The second-order valence-electron chi connectivity index (χ2n) is 5.93. The monoisotopic (exact) mass is 391 g/mol. The second kappa shape index (κ2) is 8.24. The first-order chi connectivity index (χ1) is 13.5. The fourth-order valence-electron chi connectivity index (χ4n) is 2.88. The molecule has 2 heterocycles. The van der Waals surface area contributed by atoms with Crippen LogP contribution in [0.3, 0.4) is 0 Å². The molecule has 1 aliphatic rings. The standard InChI is InChI=1S/C19H18FNO7/c1-25-5-6-26-19(24)15-14(10-3-2-4-11(20)7-10)17-16(28-18(15)21)13(23)8-12(9-22)27-17/h2-4,7-8,14,22H,5-6,9,21H2,1H3. The SMILES string of the molecule is COCCOC(=O)C1=C(N)Oc2c(oc(CO)cc2=O)C1c1cccc(F)c1. The molecular weight excluding hydrogens is 373 g/mol. The first-order valence-electron chi connectivity index (χ1n) is 8.33. The van der Waals surface area contributed by atoms with Crippen LogP contribution in [0.5, 0.6) is 5.75 Å². The molecule has 1 aliphatic heterocycles. The van der Waals surface area contributed by atoms with E-state index in [1.165, 1.54) is 25.3 Å². The Kier molecular flexibility index (Phi) is 5.76. The second-order valence-corrected chi connectivity index (χ2v) is 5.93. The normalized spacial score (nSPS) is 15.8. The van der Waals surface area contributed by atoms with Crippen molar-refractivity contribution in [2.75, 3.05) is 20.3 Å². The number of nitrogens with two attached hydrogens (primary N) is 1. The minimum Gasteiger partial charge on any atom is -0.460 e. The number of esters is 1. The first kappa shape index (κ1) is 19.6. The summed E-state index contributed by atoms with van der Waals surface area (Å²) in [5.74, 6) is -3.15. The van der Waals surface area contributed by atoms with Gasteiger partial charge in [-0.2, -0.15) is 0 Å². The predicted molar refractivity (Wildman–Crippen MR) is 93.8 cm³/mol. The number of fused-ring (bicyclic) bond motifs is 1. The van der Waals surface area contributed by atoms with E-state index in [1.54, 1.807) is 6.07 Å². The lowest BCUT2D eigenvalue weighted by Crippen LogP contribution is -2.30. The molecule has 0 aliphatic carbocycles. The third-order valence-corrected chi connectivity index (χ3v) is 4.09. The summed E-state index contributed by atoms with van der Waals surface area (Å²) in [7, 11) is 1.45. The number of aliphatic hydroxyl groups excluding tert-OH is 1. The van der Waals surface area contributed by atoms with Crippen LogP contribution in [0.2, 0.25) is 0 Å². The molecule has 1 aromatic heterocycles. The van der Waals surface area contributed by atoms with Crippen molar-refractivity contribution in [1.29, 1.82) is 0 Å². The molecule has 0 amide bonds. The zero-order valence-electron chi connectivity index (χ0n) is 14.9. The number of methoxy groups -OCH3 is 1. The Morgan fingerprint density at radius 2 is 2.11 bits per heavy atom. The summed E-state index contributed by atoms with van der Waals surface area (Å²) < 4.78 is 34.7. The van der Waals surface area contributed by atoms with Gasteiger partial charge in [-0.1, -0.05) is 12.1 Å². The number of aliphatic hydroxyl groups is 1. The molecule has 28 heavy (non-hydrogen) atoms. The van der Waals surface area contributed by atoms with Crippen LogP contribution in [0, 0.1) is 5.82 Å². The predicted octanol–water partition coefficient (Wildman–Crippen LogP) is 1.16. The van der Waals surface area contributed by atoms with Gasteiger partial charge in [-0.25, -0.2) is 9.18 Å². The van der Waals surface area contributed by atoms with Crippen LogP contribution < -0.4 is 15.9 Å². The highest BCUT2D eigenvalue weighted by molar-refractivity contribution is 5.92. The average molecular weight is 391 g/mol. The molecule has 148 valence electrons. The Bertz CT molecular complexity index is 982. The maximum absolute atomic E-state index is 13.9. The fraction of sp³-hybridized carbons (Fsp3) is 0.263. The van der Waals surface area contributed by atoms with Crippen LogP contribution in [0.25, 0.3) is 0 Å². The van der Waals surface area contributed by atoms with Crippen LogP contribution >= 0.6 is 0 Å². The van der Waals surface area contributed by atoms with Crippen molar-refractivity contribution in [1.82, 2.24) is 0 Å². The van der Waals surface area contributed by atoms with E-state index in [4.69, 9.17) is 24.4 Å². The minimum atomic E-state index is -1.06. The molecule has 0 bridgehead atoms. The number of rotatable bonds is 6. The van der Waals surface area contributed by atoms with Gasteiger partial charge >= 0.3 is 5.97 Å². The summed E-state index contributed by atoms with van der Waals surface area (Å²) in [6.07, 6.45) is 0. The Labute approximate surface area is 158 Å². The van der Waals surface area contributed by atoms with Gasteiger partial charge in [0.05, 0.1) is 12.5 Å².